The molecule has 0 radical (unpaired) electrons. The number of allylic oxidation sites excluding steroid dienone is 3. The summed E-state index contributed by atoms with van der Waals surface area (Å²) in [7, 11) is 5.35. The number of benzene rings is 1. The van der Waals surface area contributed by atoms with Crippen LogP contribution in [0.2, 0.25) is 0 Å². The molecule has 1 saturated heterocycles. The van der Waals surface area contributed by atoms with Crippen molar-refractivity contribution < 1.29 is 14.3 Å². The Morgan fingerprint density at radius 2 is 1.82 bits per heavy atom. The molecule has 0 spiro atoms. The van der Waals surface area contributed by atoms with Gasteiger partial charge in [0.05, 0.1) is 7.11 Å². The first-order valence-electron chi connectivity index (χ1n) is 10.9. The molecule has 3 N–H and O–H groups in total. The lowest BCUT2D eigenvalue weighted by atomic mass is 9.81. The van der Waals surface area contributed by atoms with Gasteiger partial charge in [-0.1, -0.05) is 6.07 Å². The zero-order valence-electron chi connectivity index (χ0n) is 20.6. The Morgan fingerprint density at radius 3 is 2.36 bits per heavy atom. The third kappa shape index (κ3) is 8.05. The summed E-state index contributed by atoms with van der Waals surface area (Å²) in [5, 5.41) is 20.6. The lowest BCUT2D eigenvalue weighted by Crippen LogP contribution is -2.59. The Morgan fingerprint density at radius 1 is 1.18 bits per heavy atom. The zero-order chi connectivity index (χ0) is 24.8. The second-order valence-electron chi connectivity index (χ2n) is 9.71. The first kappa shape index (κ1) is 26.7. The van der Waals surface area contributed by atoms with E-state index in [-0.39, 0.29) is 27.5 Å². The number of nitrogens with zero attached hydrogens (tertiary/aromatic N) is 1. The molecule has 0 aliphatic carbocycles. The van der Waals surface area contributed by atoms with E-state index in [0.717, 1.165) is 42.0 Å². The molecule has 33 heavy (non-hydrogen) atoms. The van der Waals surface area contributed by atoms with Gasteiger partial charge in [-0.15, -0.1) is 0 Å². The van der Waals surface area contributed by atoms with E-state index in [1.807, 2.05) is 37.3 Å². The number of carbonyl (C=O) groups excluding carboxylic acids is 1. The summed E-state index contributed by atoms with van der Waals surface area (Å²) < 4.78 is 11.5. The van der Waals surface area contributed by atoms with Gasteiger partial charge in [-0.2, -0.15) is 0 Å². The van der Waals surface area contributed by atoms with Gasteiger partial charge in [-0.25, -0.2) is 0 Å². The lowest BCUT2D eigenvalue weighted by Gasteiger charge is -2.46. The van der Waals surface area contributed by atoms with Crippen molar-refractivity contribution in [3.63, 3.8) is 0 Å². The Kier molecular flexibility index (Phi) is 8.91. The maximum atomic E-state index is 11.1. The number of carbonyl (C=O) groups is 1. The molecule has 0 bridgehead atoms. The standard InChI is InChI=1S/C25H36N4O3S/c1-24(2)15-19(16-25(3,4)28-24)32-23(27)33-22(26)20-9-8-18(14-21(20)31-7)17(11-13-30)10-12-29(5)6/h8-14,19,26-28H,15-16H2,1-7H3/b12-10-,17-11+,26-22?,27-23?. The SMILES string of the molecule is COc1cc(C(/C=C\N(C)C)=C/C=O)ccc1C(=N)SC(=N)OC1CC(C)(C)NC(C)(C)C1. The van der Waals surface area contributed by atoms with Gasteiger partial charge in [0, 0.05) is 43.6 Å². The summed E-state index contributed by atoms with van der Waals surface area (Å²) in [6, 6.07) is 5.41. The minimum atomic E-state index is -0.0900. The van der Waals surface area contributed by atoms with E-state index in [9.17, 15) is 4.79 Å². The fraction of sp³-hybridized carbons (Fsp3) is 0.480. The third-order valence-corrected chi connectivity index (χ3v) is 5.91. The van der Waals surface area contributed by atoms with Crippen LogP contribution in [0, 0.1) is 10.8 Å². The molecule has 7 nitrogen and oxygen atoms in total. The summed E-state index contributed by atoms with van der Waals surface area (Å²) in [5.41, 5.74) is 1.92. The fourth-order valence-corrected chi connectivity index (χ4v) is 4.89. The normalized spacial score (nSPS) is 18.1. The molecule has 1 fully saturated rings. The monoisotopic (exact) mass is 472 g/mol. The Hall–Kier alpha value is -2.58. The molecule has 0 atom stereocenters. The van der Waals surface area contributed by atoms with Crippen LogP contribution < -0.4 is 10.1 Å². The number of nitrogens with one attached hydrogen (secondary N) is 3. The molecular formula is C25H36N4O3S. The highest BCUT2D eigenvalue weighted by Crippen LogP contribution is 2.32. The van der Waals surface area contributed by atoms with Gasteiger partial charge >= 0.3 is 0 Å². The number of piperidine rings is 1. The van der Waals surface area contributed by atoms with E-state index >= 15 is 0 Å². The fourth-order valence-electron chi connectivity index (χ4n) is 4.24. The molecular weight excluding hydrogens is 436 g/mol. The van der Waals surface area contributed by atoms with E-state index in [4.69, 9.17) is 20.3 Å². The van der Waals surface area contributed by atoms with Crippen LogP contribution >= 0.6 is 11.8 Å². The van der Waals surface area contributed by atoms with Crippen molar-refractivity contribution in [3.05, 3.63) is 47.7 Å². The maximum Gasteiger partial charge on any atom is 0.249 e. The predicted molar refractivity (Wildman–Crippen MR) is 137 cm³/mol. The molecule has 0 saturated carbocycles. The van der Waals surface area contributed by atoms with E-state index in [1.54, 1.807) is 19.2 Å². The summed E-state index contributed by atoms with van der Waals surface area (Å²) in [4.78, 5) is 13.0. The lowest BCUT2D eigenvalue weighted by molar-refractivity contribution is -0.104. The first-order chi connectivity index (χ1) is 15.4. The molecule has 8 heteroatoms. The van der Waals surface area contributed by atoms with Gasteiger partial charge in [-0.3, -0.25) is 15.6 Å². The summed E-state index contributed by atoms with van der Waals surface area (Å²) in [6.45, 7) is 8.54. The van der Waals surface area contributed by atoms with Crippen LogP contribution in [0.15, 0.2) is 36.6 Å². The smallest absolute Gasteiger partial charge is 0.249 e. The highest BCUT2D eigenvalue weighted by Gasteiger charge is 2.39. The molecule has 1 aromatic rings. The summed E-state index contributed by atoms with van der Waals surface area (Å²) >= 11 is 0.967. The number of ether oxygens (including phenoxy) is 2. The van der Waals surface area contributed by atoms with Crippen molar-refractivity contribution in [1.29, 1.82) is 10.8 Å². The second-order valence-corrected chi connectivity index (χ2v) is 10.7. The van der Waals surface area contributed by atoms with Gasteiger partial charge in [0.15, 0.2) is 0 Å². The average Bonchev–Trinajstić information content (AvgIpc) is 2.67. The Balaban J connectivity index is 2.15. The molecule has 1 aromatic carbocycles. The number of hydrogen-bond donors (Lipinski definition) is 3. The predicted octanol–water partition coefficient (Wildman–Crippen LogP) is 4.67. The van der Waals surface area contributed by atoms with Crippen molar-refractivity contribution in [2.75, 3.05) is 21.2 Å². The number of methoxy groups -OCH3 is 1. The highest BCUT2D eigenvalue weighted by atomic mass is 32.2. The van der Waals surface area contributed by atoms with E-state index in [2.05, 4.69) is 33.0 Å². The van der Waals surface area contributed by atoms with E-state index in [0.29, 0.717) is 11.3 Å². The average molecular weight is 473 g/mol. The number of rotatable bonds is 7. The third-order valence-electron chi connectivity index (χ3n) is 5.20. The molecule has 180 valence electrons. The number of hydrogen-bond acceptors (Lipinski definition) is 8. The Labute approximate surface area is 201 Å². The van der Waals surface area contributed by atoms with Crippen molar-refractivity contribution in [2.45, 2.75) is 57.7 Å². The number of thioether (sulfide) groups is 1. The van der Waals surface area contributed by atoms with Crippen molar-refractivity contribution in [2.24, 2.45) is 0 Å². The van der Waals surface area contributed by atoms with Crippen molar-refractivity contribution in [1.82, 2.24) is 10.2 Å². The molecule has 1 heterocycles. The number of aldehydes is 1. The van der Waals surface area contributed by atoms with E-state index < -0.39 is 0 Å². The first-order valence-corrected chi connectivity index (χ1v) is 11.7. The molecule has 0 unspecified atom stereocenters. The van der Waals surface area contributed by atoms with Gasteiger partial charge in [0.2, 0.25) is 5.23 Å². The van der Waals surface area contributed by atoms with Gasteiger partial charge < -0.3 is 19.7 Å². The van der Waals surface area contributed by atoms with Crippen molar-refractivity contribution >= 4 is 33.9 Å². The molecule has 1 aliphatic rings. The van der Waals surface area contributed by atoms with Crippen molar-refractivity contribution in [3.8, 4) is 5.75 Å². The van der Waals surface area contributed by atoms with Gasteiger partial charge in [0.25, 0.3) is 0 Å². The molecule has 1 aliphatic heterocycles. The molecule has 2 rings (SSSR count). The van der Waals surface area contributed by atoms with E-state index in [1.165, 1.54) is 6.08 Å². The van der Waals surface area contributed by atoms with Crippen LogP contribution in [0.1, 0.15) is 51.7 Å². The molecule has 0 amide bonds. The van der Waals surface area contributed by atoms with Gasteiger partial charge in [0.1, 0.15) is 23.2 Å². The van der Waals surface area contributed by atoms with Gasteiger partial charge in [-0.05, 0) is 81.1 Å². The minimum absolute atomic E-state index is 0.0000793. The largest absolute Gasteiger partial charge is 0.496 e. The minimum Gasteiger partial charge on any atom is -0.496 e. The maximum absolute atomic E-state index is 11.1. The highest BCUT2D eigenvalue weighted by molar-refractivity contribution is 8.26. The van der Waals surface area contributed by atoms with Crippen LogP contribution in [0.3, 0.4) is 0 Å². The molecule has 0 aromatic heterocycles. The summed E-state index contributed by atoms with van der Waals surface area (Å²) in [5.74, 6) is 0.497. The Bertz CT molecular complexity index is 935. The topological polar surface area (TPSA) is 98.5 Å². The van der Waals surface area contributed by atoms with Crippen LogP contribution in [0.4, 0.5) is 0 Å². The zero-order valence-corrected chi connectivity index (χ0v) is 21.4. The summed E-state index contributed by atoms with van der Waals surface area (Å²) in [6.07, 6.45) is 7.42. The quantitative estimate of drug-likeness (QED) is 0.175. The van der Waals surface area contributed by atoms with Crippen LogP contribution in [-0.4, -0.2) is 59.8 Å². The van der Waals surface area contributed by atoms with Crippen LogP contribution in [0.25, 0.3) is 5.57 Å². The van der Waals surface area contributed by atoms with Crippen LogP contribution in [-0.2, 0) is 9.53 Å². The van der Waals surface area contributed by atoms with Crippen LogP contribution in [0.5, 0.6) is 5.75 Å². The second kappa shape index (κ2) is 11.0.